The summed E-state index contributed by atoms with van der Waals surface area (Å²) in [5, 5.41) is 53.0. The maximum absolute atomic E-state index is 12.5. The average molecular weight is 786 g/mol. The minimum Gasteiger partial charge on any atom is -0.388 e. The van der Waals surface area contributed by atoms with Crippen LogP contribution in [0.4, 0.5) is 5.82 Å². The Morgan fingerprint density at radius 3 is 2.42 bits per heavy atom. The molecule has 0 spiro atoms. The maximum Gasteiger partial charge on any atom is 0.481 e. The Kier molecular flexibility index (Phi) is 10.6. The highest BCUT2D eigenvalue weighted by Gasteiger charge is 2.46. The summed E-state index contributed by atoms with van der Waals surface area (Å²) in [7, 11) is -11.0. The van der Waals surface area contributed by atoms with E-state index in [0.717, 1.165) is 17.5 Å². The van der Waals surface area contributed by atoms with E-state index in [1.165, 1.54) is 15.5 Å². The summed E-state index contributed by atoms with van der Waals surface area (Å²) in [6, 6.07) is 3.29. The second-order valence-corrected chi connectivity index (χ2v) is 15.1. The number of phosphoric acid groups is 2. The zero-order valence-corrected chi connectivity index (χ0v) is 29.3. The average Bonchev–Trinajstić information content (AvgIpc) is 3.63. The number of nitrogens with one attached hydrogen (secondary N) is 1. The number of benzene rings is 1. The van der Waals surface area contributed by atoms with Crippen molar-refractivity contribution in [2.75, 3.05) is 18.9 Å². The first kappa shape index (κ1) is 38.6. The van der Waals surface area contributed by atoms with Crippen LogP contribution in [0.5, 0.6) is 0 Å². The molecule has 24 nitrogen and oxygen atoms in total. The molecule has 53 heavy (non-hydrogen) atoms. The van der Waals surface area contributed by atoms with E-state index in [1.54, 1.807) is 26.0 Å². The Hall–Kier alpha value is -4.13. The van der Waals surface area contributed by atoms with Crippen LogP contribution in [0, 0.1) is 13.8 Å². The first-order valence-corrected chi connectivity index (χ1v) is 18.4. The third kappa shape index (κ3) is 7.91. The van der Waals surface area contributed by atoms with Gasteiger partial charge in [-0.3, -0.25) is 23.4 Å². The van der Waals surface area contributed by atoms with E-state index in [1.807, 2.05) is 4.98 Å². The van der Waals surface area contributed by atoms with Crippen molar-refractivity contribution < 1.29 is 62.5 Å². The fourth-order valence-electron chi connectivity index (χ4n) is 5.55. The minimum absolute atomic E-state index is 0.0293. The maximum atomic E-state index is 12.5. The number of H-pyrrole nitrogens is 1. The normalized spacial score (nSPS) is 23.3. The Morgan fingerprint density at radius 2 is 1.68 bits per heavy atom. The Bertz CT molecular complexity index is 2350. The van der Waals surface area contributed by atoms with Gasteiger partial charge in [-0.15, -0.1) is 0 Å². The first-order chi connectivity index (χ1) is 24.9. The van der Waals surface area contributed by atoms with Gasteiger partial charge in [0.25, 0.3) is 5.56 Å². The number of hydrogen-bond acceptors (Lipinski definition) is 19. The zero-order valence-electron chi connectivity index (χ0n) is 27.5. The number of aryl methyl sites for hydroxylation is 2. The predicted octanol–water partition coefficient (Wildman–Crippen LogP) is -2.42. The van der Waals surface area contributed by atoms with Crippen molar-refractivity contribution >= 4 is 43.7 Å². The van der Waals surface area contributed by atoms with Crippen molar-refractivity contribution in [1.82, 2.24) is 39.0 Å². The molecule has 1 saturated heterocycles. The number of nitrogen functional groups attached to an aromatic ring is 1. The van der Waals surface area contributed by atoms with E-state index in [-0.39, 0.29) is 34.0 Å². The van der Waals surface area contributed by atoms with Crippen LogP contribution in [0.25, 0.3) is 33.7 Å². The summed E-state index contributed by atoms with van der Waals surface area (Å²) < 4.78 is 46.6. The molecule has 10 N–H and O–H groups in total. The van der Waals surface area contributed by atoms with Gasteiger partial charge in [0.1, 0.15) is 48.5 Å². The van der Waals surface area contributed by atoms with Gasteiger partial charge in [-0.25, -0.2) is 33.9 Å². The van der Waals surface area contributed by atoms with E-state index >= 15 is 0 Å². The number of anilines is 1. The van der Waals surface area contributed by atoms with Crippen molar-refractivity contribution in [2.24, 2.45) is 0 Å². The van der Waals surface area contributed by atoms with Crippen molar-refractivity contribution in [1.29, 1.82) is 0 Å². The molecule has 3 aliphatic heterocycles. The van der Waals surface area contributed by atoms with E-state index < -0.39 is 89.5 Å². The highest BCUT2D eigenvalue weighted by Crippen LogP contribution is 2.60. The van der Waals surface area contributed by atoms with Crippen LogP contribution in [0.2, 0.25) is 0 Å². The highest BCUT2D eigenvalue weighted by atomic mass is 31.3. The van der Waals surface area contributed by atoms with E-state index in [0.29, 0.717) is 5.52 Å². The van der Waals surface area contributed by atoms with Gasteiger partial charge >= 0.3 is 21.3 Å². The second-order valence-electron chi connectivity index (χ2n) is 12.1. The summed E-state index contributed by atoms with van der Waals surface area (Å²) >= 11 is 0. The largest absolute Gasteiger partial charge is 0.481 e. The monoisotopic (exact) mass is 785 g/mol. The quantitative estimate of drug-likeness (QED) is 0.0443. The second kappa shape index (κ2) is 14.6. The lowest BCUT2D eigenvalue weighted by Gasteiger charge is -2.26. The molecule has 7 unspecified atom stereocenters. The number of aromatic nitrogens is 8. The molecular weight excluding hydrogens is 752 g/mol. The highest BCUT2D eigenvalue weighted by molar-refractivity contribution is 7.61. The van der Waals surface area contributed by atoms with Crippen LogP contribution >= 0.6 is 15.6 Å². The molecule has 0 aliphatic carbocycles. The Morgan fingerprint density at radius 1 is 0.981 bits per heavy atom. The number of imidazole rings is 1. The SMILES string of the molecule is Cc1cc2nc3c(=O)[nH]c(=O)nc-3n(CC(O)C(O)C(O)COP(=O)(O)OP(=O)(O)OC[C@H]3O[C@@H](n4cnc5c(N)ncnc54)C(O)C3O)c2cc1C. The Balaban J connectivity index is 1.07. The van der Waals surface area contributed by atoms with Crippen molar-refractivity contribution in [3.8, 4) is 11.5 Å². The zero-order chi connectivity index (χ0) is 38.6. The topological polar surface area (TPSA) is 363 Å². The molecular formula is C27H33N9O15P2. The number of hydrogen-bond donors (Lipinski definition) is 9. The van der Waals surface area contributed by atoms with Crippen LogP contribution in [0.15, 0.2) is 34.4 Å². The molecule has 0 amide bonds. The molecule has 0 bridgehead atoms. The van der Waals surface area contributed by atoms with Crippen LogP contribution < -0.4 is 17.0 Å². The van der Waals surface area contributed by atoms with Crippen molar-refractivity contribution in [2.45, 2.75) is 63.2 Å². The summed E-state index contributed by atoms with van der Waals surface area (Å²) in [6.45, 7) is 0.795. The van der Waals surface area contributed by atoms with Gasteiger partial charge in [-0.1, -0.05) is 0 Å². The lowest BCUT2D eigenvalue weighted by molar-refractivity contribution is -0.0794. The number of rotatable bonds is 13. The number of ether oxygens (including phenoxy) is 1. The summed E-state index contributed by atoms with van der Waals surface area (Å²) in [5.74, 6) is -0.212. The van der Waals surface area contributed by atoms with Crippen LogP contribution in [-0.2, 0) is 33.8 Å². The number of nitrogens with zero attached hydrogens (tertiary/aromatic N) is 7. The van der Waals surface area contributed by atoms with E-state index in [4.69, 9.17) is 15.0 Å². The van der Waals surface area contributed by atoms with Crippen LogP contribution in [0.3, 0.4) is 0 Å². The first-order valence-electron chi connectivity index (χ1n) is 15.4. The van der Waals surface area contributed by atoms with E-state index in [9.17, 15) is 54.0 Å². The van der Waals surface area contributed by atoms with Gasteiger partial charge in [-0.2, -0.15) is 9.29 Å². The van der Waals surface area contributed by atoms with Crippen molar-refractivity contribution in [3.05, 3.63) is 56.8 Å². The third-order valence-electron chi connectivity index (χ3n) is 8.40. The number of aliphatic hydroxyl groups excluding tert-OH is 5. The number of phosphoric ester groups is 2. The molecule has 6 rings (SSSR count). The number of aliphatic hydroxyl groups is 5. The van der Waals surface area contributed by atoms with Crippen molar-refractivity contribution in [3.63, 3.8) is 0 Å². The van der Waals surface area contributed by atoms with Crippen LogP contribution in [-0.4, -0.2) is 124 Å². The van der Waals surface area contributed by atoms with Gasteiger partial charge in [0, 0.05) is 0 Å². The molecule has 1 aromatic carbocycles. The molecule has 26 heteroatoms. The lowest BCUT2D eigenvalue weighted by atomic mass is 10.1. The molecule has 0 saturated carbocycles. The van der Waals surface area contributed by atoms with Crippen LogP contribution in [0.1, 0.15) is 17.4 Å². The molecule has 3 aliphatic rings. The number of fused-ring (bicyclic) bond motifs is 3. The number of aromatic amines is 1. The summed E-state index contributed by atoms with van der Waals surface area (Å²) in [6.07, 6.45) is -9.93. The van der Waals surface area contributed by atoms with Gasteiger partial charge in [0.2, 0.25) is 0 Å². The summed E-state index contributed by atoms with van der Waals surface area (Å²) in [4.78, 5) is 66.6. The molecule has 0 radical (unpaired) electrons. The third-order valence-corrected chi connectivity index (χ3v) is 11.0. The molecule has 1 fully saturated rings. The molecule has 9 atom stereocenters. The molecule has 5 heterocycles. The fourth-order valence-corrected chi connectivity index (χ4v) is 7.65. The van der Waals surface area contributed by atoms with Gasteiger partial charge in [0.15, 0.2) is 29.2 Å². The van der Waals surface area contributed by atoms with Gasteiger partial charge in [0.05, 0.1) is 37.1 Å². The Labute approximate surface area is 295 Å². The van der Waals surface area contributed by atoms with E-state index in [2.05, 4.69) is 33.8 Å². The lowest BCUT2D eigenvalue weighted by Crippen LogP contribution is -2.42. The molecule has 286 valence electrons. The minimum atomic E-state index is -5.54. The predicted molar refractivity (Wildman–Crippen MR) is 177 cm³/mol. The summed E-state index contributed by atoms with van der Waals surface area (Å²) in [5.41, 5.74) is 6.11. The number of nitrogens with two attached hydrogens (primary N) is 1. The molecule has 3 aromatic rings. The standard InChI is InChI=1S/C27H33N9O15P2/c1-10-3-12-13(4-11(10)2)35(24-18(32-12)25(42)34-27(43)33-24)5-14(37)19(39)15(38)6-48-52(44,45)51-53(46,47)49-7-16-20(40)21(41)26(50-16)36-9-31-17-22(28)29-8-30-23(17)36/h3-4,8-9,14-16,19-21,26,37-41H,5-7H2,1-2H3,(H,44,45)(H,46,47)(H2,28,29,30)(H,34,42,43)/t14?,15?,16-,19?,20?,21?,26-/m1/s1. The fraction of sp³-hybridized carbons (Fsp3) is 0.444. The van der Waals surface area contributed by atoms with Gasteiger partial charge in [-0.05, 0) is 37.1 Å². The molecule has 2 aromatic heterocycles. The van der Waals surface area contributed by atoms with Gasteiger partial charge < -0.3 is 50.4 Å². The smallest absolute Gasteiger partial charge is 0.388 e.